The molecule has 0 saturated carbocycles. The minimum absolute atomic E-state index is 0.118. The third kappa shape index (κ3) is 3.06. The molecule has 1 amide bonds. The first-order valence-corrected chi connectivity index (χ1v) is 8.48. The van der Waals surface area contributed by atoms with E-state index in [0.29, 0.717) is 5.56 Å². The van der Waals surface area contributed by atoms with E-state index < -0.39 is 33.6 Å². The Morgan fingerprint density at radius 1 is 1.23 bits per heavy atom. The van der Waals surface area contributed by atoms with Crippen molar-refractivity contribution in [1.82, 2.24) is 4.90 Å². The molecule has 0 N–H and O–H groups in total. The van der Waals surface area contributed by atoms with Gasteiger partial charge in [-0.3, -0.25) is 9.00 Å². The molecule has 2 rings (SSSR count). The quantitative estimate of drug-likeness (QED) is 0.779. The predicted molar refractivity (Wildman–Crippen MR) is 84.7 cm³/mol. The van der Waals surface area contributed by atoms with Gasteiger partial charge in [0.15, 0.2) is 0 Å². The van der Waals surface area contributed by atoms with Crippen LogP contribution in [0.5, 0.6) is 0 Å². The Morgan fingerprint density at radius 3 is 2.32 bits per heavy atom. The lowest BCUT2D eigenvalue weighted by Gasteiger charge is -2.35. The van der Waals surface area contributed by atoms with Crippen molar-refractivity contribution in [3.05, 3.63) is 35.9 Å². The summed E-state index contributed by atoms with van der Waals surface area (Å²) in [4.78, 5) is 26.3. The van der Waals surface area contributed by atoms with Crippen molar-refractivity contribution in [2.75, 3.05) is 12.9 Å². The van der Waals surface area contributed by atoms with E-state index in [2.05, 4.69) is 0 Å². The number of rotatable bonds is 2. The summed E-state index contributed by atoms with van der Waals surface area (Å²) < 4.78 is 17.3. The first-order valence-electron chi connectivity index (χ1n) is 7.10. The summed E-state index contributed by atoms with van der Waals surface area (Å²) in [5.41, 5.74) is 0.0717. The summed E-state index contributed by atoms with van der Waals surface area (Å²) in [5, 5.41) is -0.524. The molecule has 1 saturated heterocycles. The van der Waals surface area contributed by atoms with Crippen LogP contribution in [0.25, 0.3) is 0 Å². The highest BCUT2D eigenvalue weighted by Crippen LogP contribution is 2.35. The van der Waals surface area contributed by atoms with Gasteiger partial charge in [-0.25, -0.2) is 4.79 Å². The van der Waals surface area contributed by atoms with Crippen LogP contribution in [0.4, 0.5) is 0 Å². The molecule has 0 bridgehead atoms. The second-order valence-corrected chi connectivity index (χ2v) is 7.92. The number of amides is 1. The van der Waals surface area contributed by atoms with Gasteiger partial charge in [-0.05, 0) is 17.5 Å². The molecular weight excluding hydrogens is 302 g/mol. The smallest absolute Gasteiger partial charge is 0.329 e. The fraction of sp³-hybridized carbons (Fsp3) is 0.500. The number of carbonyl (C=O) groups excluding carboxylic acids is 2. The average Bonchev–Trinajstić information content (AvgIpc) is 2.84. The molecule has 5 nitrogen and oxygen atoms in total. The largest absolute Gasteiger partial charge is 0.467 e. The lowest BCUT2D eigenvalue weighted by molar-refractivity contribution is -0.145. The van der Waals surface area contributed by atoms with E-state index in [1.165, 1.54) is 12.0 Å². The van der Waals surface area contributed by atoms with Gasteiger partial charge >= 0.3 is 5.97 Å². The Hall–Kier alpha value is -1.69. The fourth-order valence-corrected chi connectivity index (χ4v) is 4.80. The third-order valence-electron chi connectivity index (χ3n) is 3.63. The molecule has 1 aliphatic heterocycles. The van der Waals surface area contributed by atoms with Crippen molar-refractivity contribution in [2.24, 2.45) is 5.41 Å². The van der Waals surface area contributed by atoms with Gasteiger partial charge in [0.05, 0.1) is 12.9 Å². The first-order chi connectivity index (χ1) is 10.3. The van der Waals surface area contributed by atoms with Crippen molar-refractivity contribution >= 4 is 22.7 Å². The molecule has 0 spiro atoms. The van der Waals surface area contributed by atoms with Crippen LogP contribution in [0, 0.1) is 5.41 Å². The summed E-state index contributed by atoms with van der Waals surface area (Å²) in [6, 6.07) is 7.93. The predicted octanol–water partition coefficient (Wildman–Crippen LogP) is 1.80. The monoisotopic (exact) mass is 323 g/mol. The molecule has 0 radical (unpaired) electrons. The second-order valence-electron chi connectivity index (χ2n) is 6.38. The molecule has 22 heavy (non-hydrogen) atoms. The van der Waals surface area contributed by atoms with Crippen molar-refractivity contribution < 1.29 is 18.5 Å². The topological polar surface area (TPSA) is 63.7 Å². The normalized spacial score (nSPS) is 25.1. The summed E-state index contributed by atoms with van der Waals surface area (Å²) in [7, 11) is -0.0239. The SMILES string of the molecule is COC(=O)[C@@H]1CS(=O)[C@H](C(C)(C)C)N1C(=O)c1ccccc1. The second kappa shape index (κ2) is 6.20. The molecule has 1 aromatic rings. The van der Waals surface area contributed by atoms with E-state index in [1.54, 1.807) is 24.3 Å². The van der Waals surface area contributed by atoms with E-state index in [0.717, 1.165) is 0 Å². The van der Waals surface area contributed by atoms with Crippen LogP contribution in [0.15, 0.2) is 30.3 Å². The van der Waals surface area contributed by atoms with Gasteiger partial charge in [-0.1, -0.05) is 39.0 Å². The molecule has 6 heteroatoms. The number of nitrogens with zero attached hydrogens (tertiary/aromatic N) is 1. The molecule has 0 aliphatic carbocycles. The maximum Gasteiger partial charge on any atom is 0.329 e. The lowest BCUT2D eigenvalue weighted by Crippen LogP contribution is -2.50. The number of hydrogen-bond donors (Lipinski definition) is 0. The number of methoxy groups -OCH3 is 1. The van der Waals surface area contributed by atoms with Crippen LogP contribution in [-0.2, 0) is 20.3 Å². The number of benzene rings is 1. The van der Waals surface area contributed by atoms with Gasteiger partial charge in [-0.15, -0.1) is 0 Å². The number of esters is 1. The van der Waals surface area contributed by atoms with Crippen LogP contribution in [0.2, 0.25) is 0 Å². The van der Waals surface area contributed by atoms with Crippen LogP contribution >= 0.6 is 0 Å². The van der Waals surface area contributed by atoms with Crippen molar-refractivity contribution in [3.8, 4) is 0 Å². The molecule has 1 heterocycles. The highest BCUT2D eigenvalue weighted by molar-refractivity contribution is 7.86. The van der Waals surface area contributed by atoms with Gasteiger partial charge < -0.3 is 9.64 Å². The molecule has 1 unspecified atom stereocenters. The highest BCUT2D eigenvalue weighted by Gasteiger charge is 2.51. The van der Waals surface area contributed by atoms with E-state index >= 15 is 0 Å². The van der Waals surface area contributed by atoms with Gasteiger partial charge in [-0.2, -0.15) is 0 Å². The molecule has 1 aromatic carbocycles. The van der Waals surface area contributed by atoms with E-state index in [4.69, 9.17) is 4.74 Å². The standard InChI is InChI=1S/C16H21NO4S/c1-16(2,3)15-17(12(10-22(15)20)14(19)21-4)13(18)11-8-6-5-7-9-11/h5-9,12,15H,10H2,1-4H3/t12-,15+,22?/m0/s1. The van der Waals surface area contributed by atoms with E-state index in [1.807, 2.05) is 26.8 Å². The van der Waals surface area contributed by atoms with Gasteiger partial charge in [0.25, 0.3) is 5.91 Å². The Kier molecular flexibility index (Phi) is 4.70. The van der Waals surface area contributed by atoms with Crippen LogP contribution in [-0.4, -0.2) is 45.3 Å². The number of hydrogen-bond acceptors (Lipinski definition) is 4. The molecule has 1 aliphatic rings. The number of ether oxygens (including phenoxy) is 1. The zero-order chi connectivity index (χ0) is 16.5. The van der Waals surface area contributed by atoms with Crippen molar-refractivity contribution in [1.29, 1.82) is 0 Å². The molecule has 1 fully saturated rings. The first kappa shape index (κ1) is 16.7. The fourth-order valence-electron chi connectivity index (χ4n) is 2.72. The molecular formula is C16H21NO4S. The van der Waals surface area contributed by atoms with Crippen molar-refractivity contribution in [3.63, 3.8) is 0 Å². The zero-order valence-corrected chi connectivity index (χ0v) is 14.1. The van der Waals surface area contributed by atoms with Crippen molar-refractivity contribution in [2.45, 2.75) is 32.2 Å². The summed E-state index contributed by atoms with van der Waals surface area (Å²) in [6.07, 6.45) is 0. The Labute approximate surface area is 133 Å². The van der Waals surface area contributed by atoms with Gasteiger partial charge in [0, 0.05) is 16.4 Å². The Balaban J connectivity index is 2.46. The van der Waals surface area contributed by atoms with Crippen LogP contribution in [0.1, 0.15) is 31.1 Å². The Bertz CT molecular complexity index is 594. The molecule has 3 atom stereocenters. The maximum atomic E-state index is 12.9. The summed E-state index contributed by atoms with van der Waals surface area (Å²) in [6.45, 7) is 5.75. The highest BCUT2D eigenvalue weighted by atomic mass is 32.2. The van der Waals surface area contributed by atoms with Crippen LogP contribution in [0.3, 0.4) is 0 Å². The Morgan fingerprint density at radius 2 is 1.82 bits per heavy atom. The number of carbonyl (C=O) groups is 2. The molecule has 120 valence electrons. The minimum Gasteiger partial charge on any atom is -0.467 e. The molecule has 0 aromatic heterocycles. The minimum atomic E-state index is -1.30. The average molecular weight is 323 g/mol. The lowest BCUT2D eigenvalue weighted by atomic mass is 9.94. The van der Waals surface area contributed by atoms with E-state index in [9.17, 15) is 13.8 Å². The maximum absolute atomic E-state index is 12.9. The van der Waals surface area contributed by atoms with Gasteiger partial charge in [0.2, 0.25) is 0 Å². The van der Waals surface area contributed by atoms with E-state index in [-0.39, 0.29) is 11.7 Å². The zero-order valence-electron chi connectivity index (χ0n) is 13.2. The summed E-state index contributed by atoms with van der Waals surface area (Å²) >= 11 is 0. The third-order valence-corrected chi connectivity index (χ3v) is 5.71. The van der Waals surface area contributed by atoms with Gasteiger partial charge in [0.1, 0.15) is 11.4 Å². The van der Waals surface area contributed by atoms with Crippen LogP contribution < -0.4 is 0 Å². The summed E-state index contributed by atoms with van der Waals surface area (Å²) in [5.74, 6) is -0.696.